The molecule has 27 heavy (non-hydrogen) atoms. The first-order chi connectivity index (χ1) is 13.0. The number of aryl methyl sites for hydroxylation is 1. The van der Waals surface area contributed by atoms with Gasteiger partial charge >= 0.3 is 0 Å². The Labute approximate surface area is 163 Å². The van der Waals surface area contributed by atoms with Crippen LogP contribution in [0.2, 0.25) is 0 Å². The summed E-state index contributed by atoms with van der Waals surface area (Å²) in [6.45, 7) is 6.59. The van der Waals surface area contributed by atoms with Gasteiger partial charge in [0.1, 0.15) is 10.8 Å². The van der Waals surface area contributed by atoms with Crippen LogP contribution in [0.15, 0.2) is 48.0 Å². The van der Waals surface area contributed by atoms with E-state index in [2.05, 4.69) is 41.3 Å². The number of nitrogens with one attached hydrogen (secondary N) is 1. The first-order valence-corrected chi connectivity index (χ1v) is 9.76. The first kappa shape index (κ1) is 19.0. The second kappa shape index (κ2) is 8.77. The van der Waals surface area contributed by atoms with E-state index in [1.54, 1.807) is 6.20 Å². The molecule has 3 rings (SSSR count). The standard InChI is InChI=1S/C21H23N3O2S/c1-14(2)17-8-7-15(3)10-19(17)26-12-20(25)23-11-16-13-27-21(24-16)18-6-4-5-9-22-18/h4-10,13-14H,11-12H2,1-3H3,(H,23,25). The summed E-state index contributed by atoms with van der Waals surface area (Å²) in [5.74, 6) is 0.938. The number of ether oxygens (including phenoxy) is 1. The lowest BCUT2D eigenvalue weighted by atomic mass is 10.0. The molecule has 6 heteroatoms. The van der Waals surface area contributed by atoms with Gasteiger partial charge in [-0.25, -0.2) is 4.98 Å². The number of rotatable bonds is 7. The molecule has 0 unspecified atom stereocenters. The van der Waals surface area contributed by atoms with Crippen molar-refractivity contribution in [1.82, 2.24) is 15.3 Å². The molecule has 140 valence electrons. The van der Waals surface area contributed by atoms with Gasteiger partial charge in [-0.1, -0.05) is 32.0 Å². The summed E-state index contributed by atoms with van der Waals surface area (Å²) in [5, 5.41) is 5.64. The second-order valence-corrected chi connectivity index (χ2v) is 7.48. The molecule has 0 aliphatic carbocycles. The van der Waals surface area contributed by atoms with Gasteiger partial charge in [0.05, 0.1) is 17.9 Å². The van der Waals surface area contributed by atoms with E-state index in [4.69, 9.17) is 4.74 Å². The van der Waals surface area contributed by atoms with Crippen molar-refractivity contribution in [2.75, 3.05) is 6.61 Å². The Bertz CT molecular complexity index is 907. The highest BCUT2D eigenvalue weighted by Crippen LogP contribution is 2.27. The molecule has 1 aromatic carbocycles. The molecule has 2 aromatic heterocycles. The Morgan fingerprint density at radius 1 is 1.26 bits per heavy atom. The fraction of sp³-hybridized carbons (Fsp3) is 0.286. The van der Waals surface area contributed by atoms with Crippen molar-refractivity contribution >= 4 is 17.2 Å². The van der Waals surface area contributed by atoms with E-state index in [-0.39, 0.29) is 12.5 Å². The van der Waals surface area contributed by atoms with Gasteiger partial charge in [-0.2, -0.15) is 0 Å². The average Bonchev–Trinajstić information content (AvgIpc) is 3.14. The van der Waals surface area contributed by atoms with E-state index in [1.807, 2.05) is 36.6 Å². The smallest absolute Gasteiger partial charge is 0.258 e. The highest BCUT2D eigenvalue weighted by molar-refractivity contribution is 7.13. The average molecular weight is 382 g/mol. The molecule has 0 saturated carbocycles. The number of pyridine rings is 1. The molecule has 0 radical (unpaired) electrons. The number of nitrogens with zero attached hydrogens (tertiary/aromatic N) is 2. The van der Waals surface area contributed by atoms with Crippen LogP contribution >= 0.6 is 11.3 Å². The highest BCUT2D eigenvalue weighted by atomic mass is 32.1. The lowest BCUT2D eigenvalue weighted by Gasteiger charge is -2.14. The van der Waals surface area contributed by atoms with Gasteiger partial charge in [0.25, 0.3) is 5.91 Å². The summed E-state index contributed by atoms with van der Waals surface area (Å²) in [7, 11) is 0. The zero-order valence-electron chi connectivity index (χ0n) is 15.7. The minimum absolute atomic E-state index is 0.0135. The maximum atomic E-state index is 12.2. The Morgan fingerprint density at radius 2 is 2.11 bits per heavy atom. The molecule has 2 heterocycles. The summed E-state index contributed by atoms with van der Waals surface area (Å²) in [6, 6.07) is 11.8. The quantitative estimate of drug-likeness (QED) is 0.661. The lowest BCUT2D eigenvalue weighted by molar-refractivity contribution is -0.123. The van der Waals surface area contributed by atoms with Crippen LogP contribution in [0.5, 0.6) is 5.75 Å². The third-order valence-corrected chi connectivity index (χ3v) is 4.97. The van der Waals surface area contributed by atoms with Gasteiger partial charge in [0, 0.05) is 11.6 Å². The van der Waals surface area contributed by atoms with Gasteiger partial charge in [0.2, 0.25) is 0 Å². The number of carbonyl (C=O) groups is 1. The molecule has 5 nitrogen and oxygen atoms in total. The Balaban J connectivity index is 1.54. The van der Waals surface area contributed by atoms with Crippen LogP contribution < -0.4 is 10.1 Å². The maximum Gasteiger partial charge on any atom is 0.258 e. The molecule has 0 saturated heterocycles. The first-order valence-electron chi connectivity index (χ1n) is 8.89. The van der Waals surface area contributed by atoms with E-state index in [0.717, 1.165) is 33.3 Å². The summed E-state index contributed by atoms with van der Waals surface area (Å²) >= 11 is 1.52. The summed E-state index contributed by atoms with van der Waals surface area (Å²) in [6.07, 6.45) is 1.74. The highest BCUT2D eigenvalue weighted by Gasteiger charge is 2.11. The number of carbonyl (C=O) groups excluding carboxylic acids is 1. The topological polar surface area (TPSA) is 64.1 Å². The van der Waals surface area contributed by atoms with Crippen LogP contribution in [-0.4, -0.2) is 22.5 Å². The monoisotopic (exact) mass is 381 g/mol. The summed E-state index contributed by atoms with van der Waals surface area (Å²) < 4.78 is 5.76. The Hall–Kier alpha value is -2.73. The number of benzene rings is 1. The molecular formula is C21H23N3O2S. The summed E-state index contributed by atoms with van der Waals surface area (Å²) in [5.41, 5.74) is 3.86. The van der Waals surface area contributed by atoms with Crippen LogP contribution in [0, 0.1) is 6.92 Å². The minimum Gasteiger partial charge on any atom is -0.483 e. The molecule has 1 N–H and O–H groups in total. The second-order valence-electron chi connectivity index (χ2n) is 6.62. The van der Waals surface area contributed by atoms with E-state index in [0.29, 0.717) is 12.5 Å². The SMILES string of the molecule is Cc1ccc(C(C)C)c(OCC(=O)NCc2csc(-c3ccccn3)n2)c1. The third-order valence-electron chi connectivity index (χ3n) is 4.05. The number of aromatic nitrogens is 2. The summed E-state index contributed by atoms with van der Waals surface area (Å²) in [4.78, 5) is 21.0. The van der Waals surface area contributed by atoms with Crippen molar-refractivity contribution in [2.45, 2.75) is 33.2 Å². The molecule has 0 spiro atoms. The fourth-order valence-corrected chi connectivity index (χ4v) is 3.42. The maximum absolute atomic E-state index is 12.2. The third kappa shape index (κ3) is 5.14. The van der Waals surface area contributed by atoms with Crippen LogP contribution in [0.1, 0.15) is 36.6 Å². The minimum atomic E-state index is -0.168. The molecule has 3 aromatic rings. The van der Waals surface area contributed by atoms with E-state index in [1.165, 1.54) is 11.3 Å². The van der Waals surface area contributed by atoms with Gasteiger partial charge < -0.3 is 10.1 Å². The predicted octanol–water partition coefficient (Wildman–Crippen LogP) is 4.33. The molecule has 0 aliphatic heterocycles. The largest absolute Gasteiger partial charge is 0.483 e. The number of hydrogen-bond acceptors (Lipinski definition) is 5. The molecule has 0 fully saturated rings. The number of amides is 1. The van der Waals surface area contributed by atoms with Crippen molar-refractivity contribution in [1.29, 1.82) is 0 Å². The van der Waals surface area contributed by atoms with Crippen molar-refractivity contribution in [3.8, 4) is 16.5 Å². The number of thiazole rings is 1. The van der Waals surface area contributed by atoms with Crippen LogP contribution in [0.3, 0.4) is 0 Å². The molecule has 1 amide bonds. The molecular weight excluding hydrogens is 358 g/mol. The van der Waals surface area contributed by atoms with Crippen molar-refractivity contribution in [3.05, 3.63) is 64.8 Å². The van der Waals surface area contributed by atoms with Crippen molar-refractivity contribution in [2.24, 2.45) is 0 Å². The Kier molecular flexibility index (Phi) is 6.19. The Morgan fingerprint density at radius 3 is 2.85 bits per heavy atom. The normalized spacial score (nSPS) is 10.8. The van der Waals surface area contributed by atoms with Gasteiger partial charge in [-0.05, 0) is 42.2 Å². The van der Waals surface area contributed by atoms with Gasteiger partial charge in [0.15, 0.2) is 6.61 Å². The lowest BCUT2D eigenvalue weighted by Crippen LogP contribution is -2.28. The van der Waals surface area contributed by atoms with Crippen molar-refractivity contribution in [3.63, 3.8) is 0 Å². The van der Waals surface area contributed by atoms with Gasteiger partial charge in [-0.3, -0.25) is 9.78 Å². The van der Waals surface area contributed by atoms with E-state index in [9.17, 15) is 4.79 Å². The van der Waals surface area contributed by atoms with Gasteiger partial charge in [-0.15, -0.1) is 11.3 Å². The van der Waals surface area contributed by atoms with Crippen LogP contribution in [0.25, 0.3) is 10.7 Å². The zero-order valence-corrected chi connectivity index (χ0v) is 16.5. The van der Waals surface area contributed by atoms with E-state index >= 15 is 0 Å². The van der Waals surface area contributed by atoms with Crippen LogP contribution in [0.4, 0.5) is 0 Å². The molecule has 0 atom stereocenters. The fourth-order valence-electron chi connectivity index (χ4n) is 2.62. The van der Waals surface area contributed by atoms with Crippen LogP contribution in [-0.2, 0) is 11.3 Å². The molecule has 0 aliphatic rings. The van der Waals surface area contributed by atoms with E-state index < -0.39 is 0 Å². The van der Waals surface area contributed by atoms with Crippen molar-refractivity contribution < 1.29 is 9.53 Å². The predicted molar refractivity (Wildman–Crippen MR) is 108 cm³/mol. The number of hydrogen-bond donors (Lipinski definition) is 1. The zero-order chi connectivity index (χ0) is 19.2. The molecule has 0 bridgehead atoms.